The van der Waals surface area contributed by atoms with Crippen molar-refractivity contribution >= 4 is 17.3 Å². The fraction of sp³-hybridized carbons (Fsp3) is 0.462. The van der Waals surface area contributed by atoms with E-state index in [2.05, 4.69) is 10.6 Å². The Bertz CT molecular complexity index is 494. The number of halogens is 1. The van der Waals surface area contributed by atoms with Gasteiger partial charge in [-0.05, 0) is 37.5 Å². The highest BCUT2D eigenvalue weighted by molar-refractivity contribution is 6.00. The van der Waals surface area contributed by atoms with Gasteiger partial charge in [-0.15, -0.1) is 0 Å². The molecule has 1 fully saturated rings. The molecular weight excluding hydrogens is 219 g/mol. The van der Waals surface area contributed by atoms with Gasteiger partial charge in [0.05, 0.1) is 16.8 Å². The summed E-state index contributed by atoms with van der Waals surface area (Å²) in [5, 5.41) is 6.11. The van der Waals surface area contributed by atoms with E-state index in [0.29, 0.717) is 17.8 Å². The second kappa shape index (κ2) is 3.45. The standard InChI is InChI=1S/C13H15FN2O/c1-8-5-10-11(6-9(8)14)16-12(17)13(7-15-10)3-2-4-13/h5-6,15H,2-4,7H2,1H3,(H,16,17). The van der Waals surface area contributed by atoms with Gasteiger partial charge >= 0.3 is 0 Å². The Labute approximate surface area is 99.4 Å². The molecule has 1 saturated carbocycles. The maximum Gasteiger partial charge on any atom is 0.232 e. The van der Waals surface area contributed by atoms with Crippen molar-refractivity contribution in [2.24, 2.45) is 5.41 Å². The first kappa shape index (κ1) is 10.6. The SMILES string of the molecule is Cc1cc2c(cc1F)NC(=O)C1(CCC1)CN2. The summed E-state index contributed by atoms with van der Waals surface area (Å²) in [6, 6.07) is 3.15. The molecule has 3 nitrogen and oxygen atoms in total. The highest BCUT2D eigenvalue weighted by Gasteiger charge is 2.45. The second-order valence-electron chi connectivity index (χ2n) is 5.09. The van der Waals surface area contributed by atoms with Crippen LogP contribution >= 0.6 is 0 Å². The van der Waals surface area contributed by atoms with Crippen molar-refractivity contribution in [1.82, 2.24) is 0 Å². The Morgan fingerprint density at radius 1 is 1.29 bits per heavy atom. The minimum absolute atomic E-state index is 0.0262. The number of carbonyl (C=O) groups excluding carboxylic acids is 1. The van der Waals surface area contributed by atoms with Crippen LogP contribution in [0.4, 0.5) is 15.8 Å². The summed E-state index contributed by atoms with van der Waals surface area (Å²) >= 11 is 0. The minimum atomic E-state index is -0.282. The van der Waals surface area contributed by atoms with E-state index in [1.54, 1.807) is 13.0 Å². The van der Waals surface area contributed by atoms with E-state index in [0.717, 1.165) is 24.9 Å². The van der Waals surface area contributed by atoms with E-state index in [9.17, 15) is 9.18 Å². The average Bonchev–Trinajstić information content (AvgIpc) is 2.35. The average molecular weight is 234 g/mol. The lowest BCUT2D eigenvalue weighted by Crippen LogP contribution is -2.45. The number of aryl methyl sites for hydroxylation is 1. The molecule has 0 saturated heterocycles. The minimum Gasteiger partial charge on any atom is -0.382 e. The molecule has 1 aliphatic carbocycles. The number of amides is 1. The Morgan fingerprint density at radius 2 is 2.06 bits per heavy atom. The molecule has 1 aliphatic heterocycles. The number of carbonyl (C=O) groups is 1. The molecular formula is C13H15FN2O. The maximum atomic E-state index is 13.5. The van der Waals surface area contributed by atoms with E-state index in [1.165, 1.54) is 6.07 Å². The maximum absolute atomic E-state index is 13.5. The summed E-state index contributed by atoms with van der Waals surface area (Å²) in [5.41, 5.74) is 1.70. The van der Waals surface area contributed by atoms with Gasteiger partial charge in [-0.2, -0.15) is 0 Å². The summed E-state index contributed by atoms with van der Waals surface area (Å²) in [6.07, 6.45) is 2.93. The third-order valence-corrected chi connectivity index (χ3v) is 3.96. The molecule has 0 bridgehead atoms. The highest BCUT2D eigenvalue weighted by Crippen LogP contribution is 2.44. The first-order valence-corrected chi connectivity index (χ1v) is 5.96. The van der Waals surface area contributed by atoms with Crippen molar-refractivity contribution in [2.75, 3.05) is 17.2 Å². The van der Waals surface area contributed by atoms with Crippen LogP contribution in [0, 0.1) is 18.2 Å². The van der Waals surface area contributed by atoms with Crippen LogP contribution in [0.1, 0.15) is 24.8 Å². The number of hydrogen-bond donors (Lipinski definition) is 2. The summed E-state index contributed by atoms with van der Waals surface area (Å²) < 4.78 is 13.5. The fourth-order valence-electron chi connectivity index (χ4n) is 2.54. The highest BCUT2D eigenvalue weighted by atomic mass is 19.1. The molecule has 1 aromatic carbocycles. The lowest BCUT2D eigenvalue weighted by molar-refractivity contribution is -0.129. The largest absolute Gasteiger partial charge is 0.382 e. The van der Waals surface area contributed by atoms with Gasteiger partial charge in [0.1, 0.15) is 5.82 Å². The zero-order chi connectivity index (χ0) is 12.0. The molecule has 1 spiro atoms. The monoisotopic (exact) mass is 234 g/mol. The lowest BCUT2D eigenvalue weighted by atomic mass is 9.68. The van der Waals surface area contributed by atoms with Crippen LogP contribution < -0.4 is 10.6 Å². The normalized spacial score (nSPS) is 20.9. The predicted octanol–water partition coefficient (Wildman–Crippen LogP) is 2.67. The molecule has 0 radical (unpaired) electrons. The van der Waals surface area contributed by atoms with Gasteiger partial charge in [0.2, 0.25) is 5.91 Å². The predicted molar refractivity (Wildman–Crippen MR) is 64.5 cm³/mol. The van der Waals surface area contributed by atoms with Crippen molar-refractivity contribution in [3.63, 3.8) is 0 Å². The molecule has 3 rings (SSSR count). The summed E-state index contributed by atoms with van der Waals surface area (Å²) in [5.74, 6) is -0.256. The van der Waals surface area contributed by atoms with E-state index in [4.69, 9.17) is 0 Å². The Kier molecular flexibility index (Phi) is 2.15. The van der Waals surface area contributed by atoms with Crippen LogP contribution in [0.25, 0.3) is 0 Å². The van der Waals surface area contributed by atoms with Crippen LogP contribution in [-0.4, -0.2) is 12.5 Å². The van der Waals surface area contributed by atoms with Crippen molar-refractivity contribution in [3.8, 4) is 0 Å². The van der Waals surface area contributed by atoms with Crippen molar-refractivity contribution < 1.29 is 9.18 Å². The van der Waals surface area contributed by atoms with E-state index in [1.807, 2.05) is 0 Å². The van der Waals surface area contributed by atoms with Gasteiger partial charge in [-0.25, -0.2) is 4.39 Å². The number of hydrogen-bond acceptors (Lipinski definition) is 2. The zero-order valence-electron chi connectivity index (χ0n) is 9.77. The quantitative estimate of drug-likeness (QED) is 0.724. The Morgan fingerprint density at radius 3 is 2.71 bits per heavy atom. The molecule has 1 amide bonds. The molecule has 0 unspecified atom stereocenters. The molecule has 90 valence electrons. The number of rotatable bonds is 0. The van der Waals surface area contributed by atoms with Crippen LogP contribution in [0.5, 0.6) is 0 Å². The van der Waals surface area contributed by atoms with E-state index in [-0.39, 0.29) is 17.1 Å². The number of fused-ring (bicyclic) bond motifs is 1. The third-order valence-electron chi connectivity index (χ3n) is 3.96. The summed E-state index contributed by atoms with van der Waals surface area (Å²) in [6.45, 7) is 2.38. The molecule has 0 atom stereocenters. The van der Waals surface area contributed by atoms with Gasteiger partial charge in [-0.1, -0.05) is 6.42 Å². The van der Waals surface area contributed by atoms with Crippen LogP contribution in [0.3, 0.4) is 0 Å². The number of anilines is 2. The molecule has 17 heavy (non-hydrogen) atoms. The van der Waals surface area contributed by atoms with Crippen molar-refractivity contribution in [1.29, 1.82) is 0 Å². The molecule has 1 heterocycles. The third kappa shape index (κ3) is 1.51. The number of nitrogens with one attached hydrogen (secondary N) is 2. The first-order valence-electron chi connectivity index (χ1n) is 5.96. The van der Waals surface area contributed by atoms with Crippen LogP contribution in [0.2, 0.25) is 0 Å². The lowest BCUT2D eigenvalue weighted by Gasteiger charge is -2.38. The Hall–Kier alpha value is -1.58. The molecule has 4 heteroatoms. The zero-order valence-corrected chi connectivity index (χ0v) is 9.77. The molecule has 2 N–H and O–H groups in total. The summed E-state index contributed by atoms with van der Waals surface area (Å²) in [7, 11) is 0. The van der Waals surface area contributed by atoms with Gasteiger partial charge in [0.15, 0.2) is 0 Å². The van der Waals surface area contributed by atoms with Gasteiger partial charge in [0, 0.05) is 6.54 Å². The van der Waals surface area contributed by atoms with Crippen LogP contribution in [-0.2, 0) is 4.79 Å². The molecule has 0 aromatic heterocycles. The summed E-state index contributed by atoms with van der Waals surface area (Å²) in [4.78, 5) is 12.1. The second-order valence-corrected chi connectivity index (χ2v) is 5.09. The van der Waals surface area contributed by atoms with Gasteiger partial charge in [0.25, 0.3) is 0 Å². The first-order chi connectivity index (χ1) is 8.11. The van der Waals surface area contributed by atoms with E-state index >= 15 is 0 Å². The topological polar surface area (TPSA) is 41.1 Å². The fourth-order valence-corrected chi connectivity index (χ4v) is 2.54. The molecule has 2 aliphatic rings. The Balaban J connectivity index is 1.99. The van der Waals surface area contributed by atoms with Crippen LogP contribution in [0.15, 0.2) is 12.1 Å². The van der Waals surface area contributed by atoms with Crippen molar-refractivity contribution in [3.05, 3.63) is 23.5 Å². The van der Waals surface area contributed by atoms with E-state index < -0.39 is 0 Å². The van der Waals surface area contributed by atoms with Crippen molar-refractivity contribution in [2.45, 2.75) is 26.2 Å². The number of benzene rings is 1. The molecule has 1 aromatic rings. The van der Waals surface area contributed by atoms with Gasteiger partial charge in [-0.3, -0.25) is 4.79 Å². The smallest absolute Gasteiger partial charge is 0.232 e. The van der Waals surface area contributed by atoms with Gasteiger partial charge < -0.3 is 10.6 Å².